The van der Waals surface area contributed by atoms with E-state index in [0.717, 1.165) is 45.4 Å². The van der Waals surface area contributed by atoms with Gasteiger partial charge >= 0.3 is 0 Å². The molecule has 22 heavy (non-hydrogen) atoms. The predicted molar refractivity (Wildman–Crippen MR) is 82.6 cm³/mol. The van der Waals surface area contributed by atoms with Crippen molar-refractivity contribution in [1.29, 1.82) is 0 Å². The van der Waals surface area contributed by atoms with Crippen LogP contribution in [0.25, 0.3) is 0 Å². The molecule has 3 heterocycles. The summed E-state index contributed by atoms with van der Waals surface area (Å²) in [7, 11) is 0. The summed E-state index contributed by atoms with van der Waals surface area (Å²) in [6, 6.07) is 0. The third-order valence-electron chi connectivity index (χ3n) is 4.18. The van der Waals surface area contributed by atoms with Crippen LogP contribution in [0.15, 0.2) is 5.16 Å². The van der Waals surface area contributed by atoms with Crippen LogP contribution in [0.1, 0.15) is 38.5 Å². The van der Waals surface area contributed by atoms with E-state index in [1.807, 2.05) is 4.90 Å². The van der Waals surface area contributed by atoms with Crippen LogP contribution < -0.4 is 0 Å². The molecule has 0 spiro atoms. The lowest BCUT2D eigenvalue weighted by Gasteiger charge is -2.19. The minimum atomic E-state index is 0.193. The normalized spacial score (nSPS) is 22.7. The van der Waals surface area contributed by atoms with Crippen molar-refractivity contribution in [1.82, 2.24) is 25.1 Å². The topological polar surface area (TPSA) is 73.1 Å². The van der Waals surface area contributed by atoms with Crippen molar-refractivity contribution >= 4 is 17.7 Å². The van der Waals surface area contributed by atoms with Crippen molar-refractivity contribution in [3.8, 4) is 0 Å². The van der Waals surface area contributed by atoms with Crippen molar-refractivity contribution in [3.63, 3.8) is 0 Å². The van der Waals surface area contributed by atoms with Gasteiger partial charge in [0.25, 0.3) is 0 Å². The van der Waals surface area contributed by atoms with Gasteiger partial charge in [0.1, 0.15) is 0 Å². The van der Waals surface area contributed by atoms with Gasteiger partial charge in [0, 0.05) is 19.7 Å². The fraction of sp³-hybridized carbons (Fsp3) is 0.857. The zero-order valence-corrected chi connectivity index (χ0v) is 13.6. The lowest BCUT2D eigenvalue weighted by molar-refractivity contribution is -0.128. The summed E-state index contributed by atoms with van der Waals surface area (Å²) in [5, 5.41) is 12.5. The molecule has 3 rings (SSSR count). The van der Waals surface area contributed by atoms with Gasteiger partial charge in [0.05, 0.1) is 18.4 Å². The monoisotopic (exact) mass is 325 g/mol. The van der Waals surface area contributed by atoms with Crippen LogP contribution in [-0.2, 0) is 16.1 Å². The number of tetrazole rings is 1. The third-order valence-corrected chi connectivity index (χ3v) is 5.13. The highest BCUT2D eigenvalue weighted by Crippen LogP contribution is 2.19. The molecule has 0 radical (unpaired) electrons. The number of aromatic nitrogens is 4. The minimum absolute atomic E-state index is 0.193. The van der Waals surface area contributed by atoms with Gasteiger partial charge in [-0.05, 0) is 36.1 Å². The highest BCUT2D eigenvalue weighted by molar-refractivity contribution is 7.99. The summed E-state index contributed by atoms with van der Waals surface area (Å²) < 4.78 is 7.38. The van der Waals surface area contributed by atoms with Crippen molar-refractivity contribution < 1.29 is 9.53 Å². The Hall–Kier alpha value is -1.15. The molecule has 1 amide bonds. The Morgan fingerprint density at radius 2 is 2.05 bits per heavy atom. The summed E-state index contributed by atoms with van der Waals surface area (Å²) in [5.74, 6) is 0.602. The smallest absolute Gasteiger partial charge is 0.233 e. The summed E-state index contributed by atoms with van der Waals surface area (Å²) >= 11 is 1.43. The first kappa shape index (κ1) is 15.7. The van der Waals surface area contributed by atoms with Crippen LogP contribution >= 0.6 is 11.8 Å². The molecule has 1 unspecified atom stereocenters. The van der Waals surface area contributed by atoms with E-state index in [9.17, 15) is 4.79 Å². The van der Waals surface area contributed by atoms with E-state index in [-0.39, 0.29) is 12.0 Å². The van der Waals surface area contributed by atoms with Gasteiger partial charge in [-0.15, -0.1) is 5.10 Å². The average Bonchev–Trinajstić information content (AvgIpc) is 3.11. The van der Waals surface area contributed by atoms with Crippen LogP contribution in [0.3, 0.4) is 0 Å². The molecule has 1 atom stereocenters. The van der Waals surface area contributed by atoms with Crippen LogP contribution in [0.2, 0.25) is 0 Å². The third kappa shape index (κ3) is 4.19. The number of hydrogen-bond acceptors (Lipinski definition) is 6. The largest absolute Gasteiger partial charge is 0.376 e. The maximum Gasteiger partial charge on any atom is 0.233 e. The molecule has 0 aliphatic carbocycles. The van der Waals surface area contributed by atoms with Crippen LogP contribution in [-0.4, -0.2) is 62.6 Å². The van der Waals surface area contributed by atoms with Crippen molar-refractivity contribution in [3.05, 3.63) is 0 Å². The fourth-order valence-electron chi connectivity index (χ4n) is 2.93. The number of carbonyl (C=O) groups excluding carboxylic acids is 1. The molecule has 0 saturated carbocycles. The van der Waals surface area contributed by atoms with Gasteiger partial charge < -0.3 is 9.64 Å². The first-order valence-electron chi connectivity index (χ1n) is 8.11. The SMILES string of the molecule is O=C(CSc1nnnn1CC1CCCO1)N1CCCCCC1. The second-order valence-electron chi connectivity index (χ2n) is 5.86. The molecule has 2 aliphatic heterocycles. The molecular weight excluding hydrogens is 302 g/mol. The first-order valence-corrected chi connectivity index (χ1v) is 9.10. The highest BCUT2D eigenvalue weighted by atomic mass is 32.2. The van der Waals surface area contributed by atoms with Gasteiger partial charge in [-0.25, -0.2) is 4.68 Å². The molecule has 1 aromatic heterocycles. The molecule has 2 fully saturated rings. The maximum atomic E-state index is 12.3. The molecule has 0 bridgehead atoms. The quantitative estimate of drug-likeness (QED) is 0.761. The van der Waals surface area contributed by atoms with E-state index in [2.05, 4.69) is 15.5 Å². The molecule has 7 nitrogen and oxygen atoms in total. The molecular formula is C14H23N5O2S. The number of amides is 1. The Morgan fingerprint density at radius 1 is 1.23 bits per heavy atom. The van der Waals surface area contributed by atoms with Gasteiger partial charge in [-0.1, -0.05) is 24.6 Å². The van der Waals surface area contributed by atoms with E-state index in [1.165, 1.54) is 24.6 Å². The van der Waals surface area contributed by atoms with Gasteiger partial charge in [-0.3, -0.25) is 4.79 Å². The molecule has 1 aromatic rings. The summed E-state index contributed by atoms with van der Waals surface area (Å²) in [6.45, 7) is 3.27. The van der Waals surface area contributed by atoms with E-state index >= 15 is 0 Å². The molecule has 0 aromatic carbocycles. The first-order chi connectivity index (χ1) is 10.8. The lowest BCUT2D eigenvalue weighted by atomic mass is 10.2. The Balaban J connectivity index is 1.50. The molecule has 0 N–H and O–H groups in total. The lowest BCUT2D eigenvalue weighted by Crippen LogP contribution is -2.33. The number of ether oxygens (including phenoxy) is 1. The number of thioether (sulfide) groups is 1. The number of hydrogen-bond donors (Lipinski definition) is 0. The van der Waals surface area contributed by atoms with E-state index in [4.69, 9.17) is 4.74 Å². The number of likely N-dealkylation sites (tertiary alicyclic amines) is 1. The number of carbonyl (C=O) groups is 1. The van der Waals surface area contributed by atoms with Crippen molar-refractivity contribution in [2.24, 2.45) is 0 Å². The Kier molecular flexibility index (Phi) is 5.66. The fourth-order valence-corrected chi connectivity index (χ4v) is 3.72. The number of rotatable bonds is 5. The molecule has 122 valence electrons. The zero-order valence-electron chi connectivity index (χ0n) is 12.8. The van der Waals surface area contributed by atoms with Crippen LogP contribution in [0, 0.1) is 0 Å². The Morgan fingerprint density at radius 3 is 2.77 bits per heavy atom. The van der Waals surface area contributed by atoms with Crippen LogP contribution in [0.4, 0.5) is 0 Å². The Labute approximate surface area is 134 Å². The maximum absolute atomic E-state index is 12.3. The van der Waals surface area contributed by atoms with Gasteiger partial charge in [0.2, 0.25) is 11.1 Å². The van der Waals surface area contributed by atoms with E-state index in [1.54, 1.807) is 4.68 Å². The summed E-state index contributed by atoms with van der Waals surface area (Å²) in [4.78, 5) is 14.3. The highest BCUT2D eigenvalue weighted by Gasteiger charge is 2.20. The summed E-state index contributed by atoms with van der Waals surface area (Å²) in [6.07, 6.45) is 7.05. The molecule has 2 aliphatic rings. The molecule has 2 saturated heterocycles. The van der Waals surface area contributed by atoms with Crippen LogP contribution in [0.5, 0.6) is 0 Å². The second-order valence-corrected chi connectivity index (χ2v) is 6.80. The molecule has 8 heteroatoms. The average molecular weight is 325 g/mol. The summed E-state index contributed by atoms with van der Waals surface area (Å²) in [5.41, 5.74) is 0. The van der Waals surface area contributed by atoms with Gasteiger partial charge in [-0.2, -0.15) is 0 Å². The van der Waals surface area contributed by atoms with Gasteiger partial charge in [0.15, 0.2) is 0 Å². The van der Waals surface area contributed by atoms with E-state index < -0.39 is 0 Å². The minimum Gasteiger partial charge on any atom is -0.376 e. The Bertz CT molecular complexity index is 481. The second kappa shape index (κ2) is 7.92. The zero-order chi connectivity index (χ0) is 15.2. The standard InChI is InChI=1S/C14H23N5O2S/c20-13(18-7-3-1-2-4-8-18)11-22-14-15-16-17-19(14)10-12-6-5-9-21-12/h12H,1-11H2. The van der Waals surface area contributed by atoms with Crippen molar-refractivity contribution in [2.75, 3.05) is 25.4 Å². The van der Waals surface area contributed by atoms with Crippen molar-refractivity contribution in [2.45, 2.75) is 56.3 Å². The number of nitrogens with zero attached hydrogens (tertiary/aromatic N) is 5. The van der Waals surface area contributed by atoms with E-state index in [0.29, 0.717) is 17.5 Å². The predicted octanol–water partition coefficient (Wildman–Crippen LogP) is 1.35.